The molecule has 0 spiro atoms. The van der Waals surface area contributed by atoms with Crippen molar-refractivity contribution in [3.63, 3.8) is 0 Å². The highest BCUT2D eigenvalue weighted by molar-refractivity contribution is 7.09. The normalized spacial score (nSPS) is 17.2. The summed E-state index contributed by atoms with van der Waals surface area (Å²) in [6.45, 7) is 4.66. The van der Waals surface area contributed by atoms with E-state index in [0.29, 0.717) is 18.2 Å². The summed E-state index contributed by atoms with van der Waals surface area (Å²) in [7, 11) is 0. The van der Waals surface area contributed by atoms with Crippen LogP contribution in [0.5, 0.6) is 0 Å². The second kappa shape index (κ2) is 7.05. The van der Waals surface area contributed by atoms with E-state index >= 15 is 0 Å². The lowest BCUT2D eigenvalue weighted by Crippen LogP contribution is -2.33. The third-order valence-electron chi connectivity index (χ3n) is 3.85. The Morgan fingerprint density at radius 1 is 1.39 bits per heavy atom. The van der Waals surface area contributed by atoms with Crippen LogP contribution in [0.25, 0.3) is 0 Å². The number of hydrogen-bond donors (Lipinski definition) is 0. The van der Waals surface area contributed by atoms with Crippen molar-refractivity contribution in [3.05, 3.63) is 22.4 Å². The van der Waals surface area contributed by atoms with Crippen LogP contribution >= 0.6 is 11.3 Å². The van der Waals surface area contributed by atoms with Crippen LogP contribution in [-0.4, -0.2) is 23.8 Å². The fourth-order valence-corrected chi connectivity index (χ4v) is 3.42. The van der Waals surface area contributed by atoms with E-state index in [-0.39, 0.29) is 0 Å². The molecule has 0 aliphatic heterocycles. The van der Waals surface area contributed by atoms with E-state index in [1.807, 2.05) is 0 Å². The van der Waals surface area contributed by atoms with Crippen molar-refractivity contribution in [2.75, 3.05) is 13.1 Å². The molecule has 1 aromatic heterocycles. The Morgan fingerprint density at radius 2 is 2.17 bits per heavy atom. The predicted molar refractivity (Wildman–Crippen MR) is 76.9 cm³/mol. The van der Waals surface area contributed by atoms with Gasteiger partial charge in [0, 0.05) is 17.3 Å². The van der Waals surface area contributed by atoms with Gasteiger partial charge >= 0.3 is 0 Å². The SMILES string of the molecule is CCN(CC(=O)C1CCCCC1)Cc1cccs1. The lowest BCUT2D eigenvalue weighted by atomic mass is 9.86. The summed E-state index contributed by atoms with van der Waals surface area (Å²) < 4.78 is 0. The summed E-state index contributed by atoms with van der Waals surface area (Å²) in [5, 5.41) is 2.10. The molecular weight excluding hydrogens is 242 g/mol. The highest BCUT2D eigenvalue weighted by Crippen LogP contribution is 2.24. The first kappa shape index (κ1) is 13.8. The van der Waals surface area contributed by atoms with Crippen molar-refractivity contribution in [2.24, 2.45) is 5.92 Å². The molecule has 1 aliphatic carbocycles. The number of carbonyl (C=O) groups is 1. The highest BCUT2D eigenvalue weighted by atomic mass is 32.1. The molecule has 1 heterocycles. The molecule has 2 nitrogen and oxygen atoms in total. The Balaban J connectivity index is 1.83. The zero-order valence-corrected chi connectivity index (χ0v) is 12.0. The van der Waals surface area contributed by atoms with Gasteiger partial charge in [0.1, 0.15) is 5.78 Å². The topological polar surface area (TPSA) is 20.3 Å². The highest BCUT2D eigenvalue weighted by Gasteiger charge is 2.22. The molecule has 0 amide bonds. The average molecular weight is 265 g/mol. The minimum Gasteiger partial charge on any atom is -0.298 e. The van der Waals surface area contributed by atoms with Gasteiger partial charge in [-0.2, -0.15) is 0 Å². The van der Waals surface area contributed by atoms with E-state index in [1.54, 1.807) is 11.3 Å². The number of carbonyl (C=O) groups excluding carboxylic acids is 1. The molecule has 2 rings (SSSR count). The monoisotopic (exact) mass is 265 g/mol. The Kier molecular flexibility index (Phi) is 5.39. The molecule has 0 saturated heterocycles. The van der Waals surface area contributed by atoms with Crippen molar-refractivity contribution in [1.29, 1.82) is 0 Å². The van der Waals surface area contributed by atoms with E-state index in [1.165, 1.54) is 24.1 Å². The number of rotatable bonds is 6. The van der Waals surface area contributed by atoms with E-state index < -0.39 is 0 Å². The summed E-state index contributed by atoms with van der Waals surface area (Å²) >= 11 is 1.78. The predicted octanol–water partition coefficient (Wildman–Crippen LogP) is 3.72. The third-order valence-corrected chi connectivity index (χ3v) is 4.71. The van der Waals surface area contributed by atoms with Crippen molar-refractivity contribution in [3.8, 4) is 0 Å². The quantitative estimate of drug-likeness (QED) is 0.781. The first-order valence-electron chi connectivity index (χ1n) is 7.07. The maximum atomic E-state index is 12.3. The van der Waals surface area contributed by atoms with Gasteiger partial charge in [0.05, 0.1) is 6.54 Å². The van der Waals surface area contributed by atoms with Gasteiger partial charge < -0.3 is 0 Å². The molecular formula is C15H23NOS. The Morgan fingerprint density at radius 3 is 2.78 bits per heavy atom. The van der Waals surface area contributed by atoms with Gasteiger partial charge in [-0.05, 0) is 30.8 Å². The lowest BCUT2D eigenvalue weighted by Gasteiger charge is -2.24. The van der Waals surface area contributed by atoms with Gasteiger partial charge in [-0.15, -0.1) is 11.3 Å². The minimum atomic E-state index is 0.344. The molecule has 0 aromatic carbocycles. The molecule has 0 unspecified atom stereocenters. The van der Waals surface area contributed by atoms with Crippen LogP contribution < -0.4 is 0 Å². The number of Topliss-reactive ketones (excluding diaryl/α,β-unsaturated/α-hetero) is 1. The molecule has 100 valence electrons. The van der Waals surface area contributed by atoms with Gasteiger partial charge in [0.2, 0.25) is 0 Å². The summed E-state index contributed by atoms with van der Waals surface area (Å²) in [6, 6.07) is 4.23. The summed E-state index contributed by atoms with van der Waals surface area (Å²) in [5.74, 6) is 0.809. The van der Waals surface area contributed by atoms with Crippen molar-refractivity contribution >= 4 is 17.1 Å². The molecule has 1 aliphatic rings. The average Bonchev–Trinajstić information content (AvgIpc) is 2.91. The lowest BCUT2D eigenvalue weighted by molar-refractivity contribution is -0.125. The second-order valence-electron chi connectivity index (χ2n) is 5.18. The molecule has 1 fully saturated rings. The molecule has 18 heavy (non-hydrogen) atoms. The fourth-order valence-electron chi connectivity index (χ4n) is 2.68. The summed E-state index contributed by atoms with van der Waals surface area (Å²) in [6.07, 6.45) is 6.04. The van der Waals surface area contributed by atoms with E-state index in [9.17, 15) is 4.79 Å². The first-order valence-corrected chi connectivity index (χ1v) is 7.95. The van der Waals surface area contributed by atoms with Crippen LogP contribution in [0.4, 0.5) is 0 Å². The zero-order chi connectivity index (χ0) is 12.8. The molecule has 0 radical (unpaired) electrons. The molecule has 0 N–H and O–H groups in total. The molecule has 1 aromatic rings. The van der Waals surface area contributed by atoms with Gasteiger partial charge in [0.15, 0.2) is 0 Å². The Labute approximate surface area is 114 Å². The van der Waals surface area contributed by atoms with Crippen LogP contribution in [0.1, 0.15) is 43.9 Å². The fraction of sp³-hybridized carbons (Fsp3) is 0.667. The smallest absolute Gasteiger partial charge is 0.149 e. The maximum Gasteiger partial charge on any atom is 0.149 e. The van der Waals surface area contributed by atoms with Crippen molar-refractivity contribution in [1.82, 2.24) is 4.90 Å². The number of likely N-dealkylation sites (N-methyl/N-ethyl adjacent to an activating group) is 1. The largest absolute Gasteiger partial charge is 0.298 e. The number of thiophene rings is 1. The minimum absolute atomic E-state index is 0.344. The Bertz CT molecular complexity index is 355. The van der Waals surface area contributed by atoms with Crippen molar-refractivity contribution < 1.29 is 4.79 Å². The zero-order valence-electron chi connectivity index (χ0n) is 11.2. The van der Waals surface area contributed by atoms with Crippen LogP contribution in [0.3, 0.4) is 0 Å². The third kappa shape index (κ3) is 3.92. The summed E-state index contributed by atoms with van der Waals surface area (Å²) in [4.78, 5) is 15.9. The van der Waals surface area contributed by atoms with Gasteiger partial charge in [-0.1, -0.05) is 32.3 Å². The van der Waals surface area contributed by atoms with E-state index in [2.05, 4.69) is 29.3 Å². The van der Waals surface area contributed by atoms with E-state index in [4.69, 9.17) is 0 Å². The Hall–Kier alpha value is -0.670. The number of nitrogens with zero attached hydrogens (tertiary/aromatic N) is 1. The van der Waals surface area contributed by atoms with Crippen molar-refractivity contribution in [2.45, 2.75) is 45.6 Å². The van der Waals surface area contributed by atoms with E-state index in [0.717, 1.165) is 25.9 Å². The number of ketones is 1. The molecule has 3 heteroatoms. The van der Waals surface area contributed by atoms with Gasteiger partial charge in [-0.3, -0.25) is 9.69 Å². The molecule has 0 atom stereocenters. The molecule has 1 saturated carbocycles. The maximum absolute atomic E-state index is 12.3. The van der Waals surface area contributed by atoms with Crippen LogP contribution in [0.2, 0.25) is 0 Å². The van der Waals surface area contributed by atoms with Gasteiger partial charge in [-0.25, -0.2) is 0 Å². The van der Waals surface area contributed by atoms with Crippen LogP contribution in [0, 0.1) is 5.92 Å². The van der Waals surface area contributed by atoms with Crippen LogP contribution in [0.15, 0.2) is 17.5 Å². The first-order chi connectivity index (χ1) is 8.79. The standard InChI is InChI=1S/C15H23NOS/c1-2-16(11-14-9-6-10-18-14)12-15(17)13-7-4-3-5-8-13/h6,9-10,13H,2-5,7-8,11-12H2,1H3. The molecule has 0 bridgehead atoms. The second-order valence-corrected chi connectivity index (χ2v) is 6.22. The van der Waals surface area contributed by atoms with Gasteiger partial charge in [0.25, 0.3) is 0 Å². The number of hydrogen-bond acceptors (Lipinski definition) is 3. The summed E-state index contributed by atoms with van der Waals surface area (Å²) in [5.41, 5.74) is 0. The van der Waals surface area contributed by atoms with Crippen LogP contribution in [-0.2, 0) is 11.3 Å².